The van der Waals surface area contributed by atoms with E-state index in [4.69, 9.17) is 4.74 Å². The Kier molecular flexibility index (Phi) is 1.57. The van der Waals surface area contributed by atoms with Crippen LogP contribution < -0.4 is 5.32 Å². The molecule has 1 N–H and O–H groups in total. The second-order valence-corrected chi connectivity index (χ2v) is 4.76. The monoisotopic (exact) mass is 213 g/mol. The predicted octanol–water partition coefficient (Wildman–Crippen LogP) is -0.264. The summed E-state index contributed by atoms with van der Waals surface area (Å²) in [6.07, 6.45) is 1.69. The van der Waals surface area contributed by atoms with Crippen molar-refractivity contribution < 1.29 is 14.3 Å². The Morgan fingerprint density at radius 3 is 3.14 bits per heavy atom. The molecule has 0 aromatic carbocycles. The molecule has 5 heteroatoms. The van der Waals surface area contributed by atoms with Crippen LogP contribution in [0.15, 0.2) is 0 Å². The largest absolute Gasteiger partial charge is 0.368 e. The van der Waals surface area contributed by atoms with E-state index in [9.17, 15) is 9.59 Å². The van der Waals surface area contributed by atoms with E-state index in [0.29, 0.717) is 6.54 Å². The van der Waals surface area contributed by atoms with Gasteiger partial charge in [-0.2, -0.15) is 0 Å². The molecule has 3 heterocycles. The number of fused-ring (bicyclic) bond motifs is 1. The third kappa shape index (κ3) is 0.846. The van der Waals surface area contributed by atoms with Crippen LogP contribution in [-0.2, 0) is 14.3 Å². The fourth-order valence-corrected chi connectivity index (χ4v) is 3.44. The number of rotatable bonds is 1. The zero-order chi connectivity index (χ0) is 9.92. The molecule has 0 aromatic rings. The molecule has 3 saturated heterocycles. The maximum Gasteiger partial charge on any atom is 0.227 e. The van der Waals surface area contributed by atoms with Crippen LogP contribution in [0.4, 0.5) is 0 Å². The number of carbonyl (C=O) groups is 2. The molecular formula is C9H11NO3S. The lowest BCUT2D eigenvalue weighted by molar-refractivity contribution is -0.128. The van der Waals surface area contributed by atoms with Crippen LogP contribution in [0.2, 0.25) is 0 Å². The summed E-state index contributed by atoms with van der Waals surface area (Å²) in [6, 6.07) is 0. The van der Waals surface area contributed by atoms with Crippen LogP contribution in [0.3, 0.4) is 0 Å². The van der Waals surface area contributed by atoms with Crippen LogP contribution in [-0.4, -0.2) is 29.3 Å². The van der Waals surface area contributed by atoms with Crippen molar-refractivity contribution in [3.8, 4) is 0 Å². The Morgan fingerprint density at radius 1 is 1.64 bits per heavy atom. The van der Waals surface area contributed by atoms with E-state index in [1.807, 2.05) is 0 Å². The van der Waals surface area contributed by atoms with Crippen molar-refractivity contribution >= 4 is 23.7 Å². The van der Waals surface area contributed by atoms with Crippen LogP contribution in [0.5, 0.6) is 0 Å². The first-order chi connectivity index (χ1) is 6.64. The minimum atomic E-state index is -0.384. The summed E-state index contributed by atoms with van der Waals surface area (Å²) in [5, 5.41) is 2.57. The van der Waals surface area contributed by atoms with E-state index < -0.39 is 0 Å². The Bertz CT molecular complexity index is 332. The first-order valence-electron chi connectivity index (χ1n) is 4.82. The Hall–Kier alpha value is -0.550. The van der Waals surface area contributed by atoms with E-state index in [1.165, 1.54) is 0 Å². The maximum absolute atomic E-state index is 11.6. The number of amides is 1. The Morgan fingerprint density at radius 2 is 2.43 bits per heavy atom. The zero-order valence-electron chi connectivity index (χ0n) is 7.53. The highest BCUT2D eigenvalue weighted by molar-refractivity contribution is 7.96. The van der Waals surface area contributed by atoms with E-state index in [2.05, 4.69) is 17.9 Å². The van der Waals surface area contributed by atoms with Crippen molar-refractivity contribution in [1.29, 1.82) is 0 Å². The van der Waals surface area contributed by atoms with Gasteiger partial charge in [0.15, 0.2) is 5.12 Å². The SMILES string of the molecule is O=C(S)[C@H]1[C@@H]2CC[C@@]3(CNC(=O)[C@@H]13)O2. The number of nitrogens with one attached hydrogen (secondary N) is 1. The molecule has 1 spiro atoms. The summed E-state index contributed by atoms with van der Waals surface area (Å²) >= 11 is 3.85. The number of hydrogen-bond acceptors (Lipinski definition) is 3. The normalized spacial score (nSPS) is 49.2. The molecule has 4 nitrogen and oxygen atoms in total. The van der Waals surface area contributed by atoms with Gasteiger partial charge in [-0.1, -0.05) is 0 Å². The second kappa shape index (κ2) is 2.52. The summed E-state index contributed by atoms with van der Waals surface area (Å²) < 4.78 is 5.78. The molecule has 3 fully saturated rings. The summed E-state index contributed by atoms with van der Waals surface area (Å²) in [5.41, 5.74) is -0.384. The second-order valence-electron chi connectivity index (χ2n) is 4.32. The highest BCUT2D eigenvalue weighted by Crippen LogP contribution is 2.53. The lowest BCUT2D eigenvalue weighted by Gasteiger charge is -2.25. The number of thiol groups is 1. The van der Waals surface area contributed by atoms with Gasteiger partial charge in [-0.15, -0.1) is 12.6 Å². The standard InChI is InChI=1S/C9H11NO3S/c11-7-6-5(8(12)14)4-1-2-9(6,13-4)3-10-7/h4-6H,1-3H2,(H,10,11)(H,12,14)/t4-,5-,6+,9-/m0/s1. The molecule has 76 valence electrons. The van der Waals surface area contributed by atoms with Crippen molar-refractivity contribution in [3.05, 3.63) is 0 Å². The Balaban J connectivity index is 2.03. The van der Waals surface area contributed by atoms with Gasteiger partial charge in [0.2, 0.25) is 5.91 Å². The summed E-state index contributed by atoms with van der Waals surface area (Å²) in [7, 11) is 0. The third-order valence-electron chi connectivity index (χ3n) is 3.69. The van der Waals surface area contributed by atoms with Gasteiger partial charge in [0.25, 0.3) is 0 Å². The van der Waals surface area contributed by atoms with Gasteiger partial charge < -0.3 is 10.1 Å². The number of carbonyl (C=O) groups excluding carboxylic acids is 2. The third-order valence-corrected chi connectivity index (χ3v) is 3.99. The van der Waals surface area contributed by atoms with Crippen LogP contribution in [0.1, 0.15) is 12.8 Å². The molecule has 3 rings (SSSR count). The van der Waals surface area contributed by atoms with Gasteiger partial charge >= 0.3 is 0 Å². The Labute approximate surface area is 86.8 Å². The molecule has 0 radical (unpaired) electrons. The lowest BCUT2D eigenvalue weighted by Crippen LogP contribution is -2.40. The van der Waals surface area contributed by atoms with Crippen molar-refractivity contribution in [2.45, 2.75) is 24.5 Å². The average Bonchev–Trinajstić information content (AvgIpc) is 2.75. The van der Waals surface area contributed by atoms with Gasteiger partial charge in [-0.3, -0.25) is 9.59 Å². The molecule has 1 amide bonds. The molecule has 2 bridgehead atoms. The smallest absolute Gasteiger partial charge is 0.227 e. The maximum atomic E-state index is 11.6. The topological polar surface area (TPSA) is 55.4 Å². The quantitative estimate of drug-likeness (QED) is 0.590. The molecule has 0 aliphatic carbocycles. The van der Waals surface area contributed by atoms with Gasteiger partial charge in [0.05, 0.1) is 23.5 Å². The number of ether oxygens (including phenoxy) is 1. The molecular weight excluding hydrogens is 202 g/mol. The van der Waals surface area contributed by atoms with Crippen molar-refractivity contribution in [3.63, 3.8) is 0 Å². The van der Waals surface area contributed by atoms with E-state index in [-0.39, 0.29) is 34.6 Å². The van der Waals surface area contributed by atoms with Crippen molar-refractivity contribution in [1.82, 2.24) is 5.32 Å². The van der Waals surface area contributed by atoms with Gasteiger partial charge in [-0.25, -0.2) is 0 Å². The van der Waals surface area contributed by atoms with E-state index in [1.54, 1.807) is 0 Å². The van der Waals surface area contributed by atoms with Crippen LogP contribution in [0.25, 0.3) is 0 Å². The summed E-state index contributed by atoms with van der Waals surface area (Å²) in [4.78, 5) is 22.9. The van der Waals surface area contributed by atoms with Crippen molar-refractivity contribution in [2.24, 2.45) is 11.8 Å². The van der Waals surface area contributed by atoms with Crippen molar-refractivity contribution in [2.75, 3.05) is 6.54 Å². The van der Waals surface area contributed by atoms with Gasteiger partial charge in [0, 0.05) is 6.54 Å². The minimum Gasteiger partial charge on any atom is -0.368 e. The molecule has 0 aromatic heterocycles. The zero-order valence-corrected chi connectivity index (χ0v) is 8.42. The molecule has 4 atom stereocenters. The first kappa shape index (κ1) is 8.73. The van der Waals surface area contributed by atoms with E-state index in [0.717, 1.165) is 12.8 Å². The average molecular weight is 213 g/mol. The molecule has 14 heavy (non-hydrogen) atoms. The van der Waals surface area contributed by atoms with E-state index >= 15 is 0 Å². The lowest BCUT2D eigenvalue weighted by atomic mass is 9.74. The summed E-state index contributed by atoms with van der Waals surface area (Å²) in [6.45, 7) is 0.560. The summed E-state index contributed by atoms with van der Waals surface area (Å²) in [5.74, 6) is -0.652. The number of hydrogen-bond donors (Lipinski definition) is 2. The molecule has 0 saturated carbocycles. The van der Waals surface area contributed by atoms with Crippen LogP contribution in [0, 0.1) is 11.8 Å². The highest BCUT2D eigenvalue weighted by Gasteiger charge is 2.66. The molecule has 3 aliphatic heterocycles. The molecule has 3 aliphatic rings. The van der Waals surface area contributed by atoms with Gasteiger partial charge in [0.1, 0.15) is 0 Å². The van der Waals surface area contributed by atoms with Crippen LogP contribution >= 0.6 is 12.6 Å². The fraction of sp³-hybridized carbons (Fsp3) is 0.778. The minimum absolute atomic E-state index is 0.0420. The fourth-order valence-electron chi connectivity index (χ4n) is 3.12. The predicted molar refractivity (Wildman–Crippen MR) is 50.8 cm³/mol. The van der Waals surface area contributed by atoms with Gasteiger partial charge in [-0.05, 0) is 12.8 Å². The highest BCUT2D eigenvalue weighted by atomic mass is 32.1. The first-order valence-corrected chi connectivity index (χ1v) is 5.27. The molecule has 0 unspecified atom stereocenters.